The number of alkyl halides is 2. The number of piperidine rings is 5. The van der Waals surface area contributed by atoms with Gasteiger partial charge < -0.3 is 47.8 Å². The highest BCUT2D eigenvalue weighted by molar-refractivity contribution is 9.09. The Bertz CT molecular complexity index is 3550. The third kappa shape index (κ3) is 40.6. The molecule has 676 valence electrons. The Labute approximate surface area is 748 Å². The van der Waals surface area contributed by atoms with E-state index in [1.807, 2.05) is 70.2 Å². The molecule has 5 unspecified atom stereocenters. The van der Waals surface area contributed by atoms with Crippen LogP contribution in [-0.4, -0.2) is 154 Å². The molecule has 5 heterocycles. The number of nitrogens with zero attached hydrogens (tertiary/aromatic N) is 3. The number of para-hydroxylation sites is 5. The Hall–Kier alpha value is -6.52. The lowest BCUT2D eigenvalue weighted by Crippen LogP contribution is -2.47. The van der Waals surface area contributed by atoms with Gasteiger partial charge in [0.25, 0.3) is 0 Å². The fourth-order valence-corrected chi connectivity index (χ4v) is 18.0. The van der Waals surface area contributed by atoms with Crippen LogP contribution in [0.15, 0.2) is 91.0 Å². The number of aliphatic carboxylic acids is 2. The zero-order chi connectivity index (χ0) is 88.1. The molecule has 5 aromatic carbocycles. The van der Waals surface area contributed by atoms with Crippen LogP contribution in [0.2, 0.25) is 0 Å². The zero-order valence-corrected chi connectivity index (χ0v) is 79.8. The molecule has 0 spiro atoms. The summed E-state index contributed by atoms with van der Waals surface area (Å²) in [6.45, 7) is 30.7. The van der Waals surface area contributed by atoms with E-state index in [2.05, 4.69) is 175 Å². The number of nitrogens with two attached hydrogens (primary N) is 1. The van der Waals surface area contributed by atoms with Crippen LogP contribution in [0.25, 0.3) is 0 Å². The largest absolute Gasteiger partial charge is 0.481 e. The van der Waals surface area contributed by atoms with Gasteiger partial charge in [0.05, 0.1) is 30.1 Å². The van der Waals surface area contributed by atoms with Gasteiger partial charge in [0.1, 0.15) is 6.04 Å². The Morgan fingerprint density at radius 1 is 0.339 bits per heavy atom. The lowest BCUT2D eigenvalue weighted by Gasteiger charge is -2.35. The molecule has 0 bridgehead atoms. The summed E-state index contributed by atoms with van der Waals surface area (Å²) in [6.07, 6.45) is 45.0. The molecule has 4 amide bonds. The molecular formula is C101H160Br2N10O8. The third-order valence-electron chi connectivity index (χ3n) is 24.9. The number of nitrogen functional groups attached to an aromatic ring is 1. The molecule has 6 aliphatic rings. The van der Waals surface area contributed by atoms with Crippen molar-refractivity contribution in [1.29, 1.82) is 0 Å². The first-order valence-corrected chi connectivity index (χ1v) is 49.2. The molecule has 0 radical (unpaired) electrons. The number of hydrogen-bond donors (Lipinski definition) is 9. The number of likely N-dealkylation sites (tertiary alicyclic amines) is 3. The first kappa shape index (κ1) is 105. The van der Waals surface area contributed by atoms with Gasteiger partial charge >= 0.3 is 11.9 Å². The summed E-state index contributed by atoms with van der Waals surface area (Å²) in [6, 6.07) is 30.4. The molecular weight excluding hydrogens is 1640 g/mol. The van der Waals surface area contributed by atoms with Gasteiger partial charge in [-0.1, -0.05) is 265 Å². The maximum Gasteiger partial charge on any atom is 0.320 e. The first-order valence-electron chi connectivity index (χ1n) is 47.0. The van der Waals surface area contributed by atoms with Gasteiger partial charge in [-0.05, 0) is 286 Å². The van der Waals surface area contributed by atoms with E-state index in [1.54, 1.807) is 0 Å². The zero-order valence-electron chi connectivity index (χ0n) is 76.6. The van der Waals surface area contributed by atoms with Gasteiger partial charge in [0.2, 0.25) is 23.6 Å². The van der Waals surface area contributed by atoms with Gasteiger partial charge in [-0.15, -0.1) is 0 Å². The molecule has 5 saturated heterocycles. The number of halogens is 2. The van der Waals surface area contributed by atoms with E-state index in [0.29, 0.717) is 0 Å². The summed E-state index contributed by atoms with van der Waals surface area (Å²) in [4.78, 5) is 79.1. The molecule has 121 heavy (non-hydrogen) atoms. The monoisotopic (exact) mass is 1800 g/mol. The highest BCUT2D eigenvalue weighted by Gasteiger charge is 2.32. The SMILES string of the molecule is BrCCCCCCCCCCBr.CCCCN1CCCCC1C(=O)Nc1c(C)cccc1C.Cc1cccc(C)c1N.Cc1cccc(C)c1NC(=O)C1CCCCN1.Cc1cccc(C)c1NC(=O)C1CCCCN1CCCCCCCCCCN1CCCCC1C(=O)Nc1c(C)cccc1C.O=C(O)C1CCCCC1.O=C(O)C1CCCCN1. The Morgan fingerprint density at radius 2 is 0.612 bits per heavy atom. The van der Waals surface area contributed by atoms with Crippen molar-refractivity contribution in [2.24, 2.45) is 5.92 Å². The number of carboxylic acids is 2. The van der Waals surface area contributed by atoms with Crippen LogP contribution in [0.4, 0.5) is 28.4 Å². The van der Waals surface area contributed by atoms with Crippen molar-refractivity contribution in [3.8, 4) is 0 Å². The van der Waals surface area contributed by atoms with E-state index in [1.165, 1.54) is 158 Å². The number of rotatable bonds is 33. The number of amides is 4. The van der Waals surface area contributed by atoms with E-state index >= 15 is 0 Å². The minimum absolute atomic E-state index is 0.0000883. The number of anilines is 5. The Kier molecular flexibility index (Phi) is 53.6. The van der Waals surface area contributed by atoms with Gasteiger partial charge in [-0.2, -0.15) is 0 Å². The van der Waals surface area contributed by atoms with Gasteiger partial charge in [-0.3, -0.25) is 43.5 Å². The van der Waals surface area contributed by atoms with Gasteiger partial charge in [0, 0.05) is 39.1 Å². The molecule has 1 aliphatic carbocycles. The second-order valence-corrected chi connectivity index (χ2v) is 36.5. The highest BCUT2D eigenvalue weighted by atomic mass is 79.9. The van der Waals surface area contributed by atoms with Crippen molar-refractivity contribution < 1.29 is 39.0 Å². The van der Waals surface area contributed by atoms with E-state index in [9.17, 15) is 28.8 Å². The first-order chi connectivity index (χ1) is 58.4. The molecule has 6 fully saturated rings. The number of aryl methyl sites for hydroxylation is 10. The number of carboxylic acid groups (broad SMARTS) is 2. The fourth-order valence-electron chi connectivity index (χ4n) is 17.2. The predicted molar refractivity (Wildman–Crippen MR) is 516 cm³/mol. The molecule has 5 aromatic rings. The van der Waals surface area contributed by atoms with Gasteiger partial charge in [0.15, 0.2) is 0 Å². The molecule has 1 saturated carbocycles. The van der Waals surface area contributed by atoms with Crippen molar-refractivity contribution >= 4 is 95.9 Å². The number of hydrogen-bond acceptors (Lipinski definition) is 12. The second-order valence-electron chi connectivity index (χ2n) is 34.9. The van der Waals surface area contributed by atoms with E-state index < -0.39 is 11.9 Å². The second kappa shape index (κ2) is 61.8. The van der Waals surface area contributed by atoms with Crippen LogP contribution in [0.3, 0.4) is 0 Å². The quantitative estimate of drug-likeness (QED) is 0.0108. The summed E-state index contributed by atoms with van der Waals surface area (Å²) in [5.74, 6) is -0.742. The smallest absolute Gasteiger partial charge is 0.320 e. The number of benzene rings is 5. The Balaban J connectivity index is 0.000000280. The van der Waals surface area contributed by atoms with Crippen LogP contribution < -0.4 is 37.6 Å². The average Bonchev–Trinajstić information content (AvgIpc) is 0.838. The summed E-state index contributed by atoms with van der Waals surface area (Å²) >= 11 is 6.90. The standard InChI is InChI=1S/C38H58N4O2.C18H28N2O.C14H20N2O.C10H20Br2.C8H11N.C7H12O2.C6H11NO2/c1-29-19-17-20-30(2)35(29)39-37(43)33-23-11-15-27-41(33)25-13-9-7-5-6-8-10-14-26-42-28-16-12-24-34(42)38(44)40-36-31(3)21-18-22-32(36)4;1-4-5-12-20-13-7-6-11-16(20)18(21)19-17-14(2)9-8-10-15(17)3;1-10-6-5-7-11(2)13(10)16-14(17)12-8-3-4-9-15-12;11-9-7-5-3-1-2-4-6-8-10-12;1-6-4-3-5-7(2)8(6)9;8-7(9)6-4-2-1-3-5-6;8-6(9)5-3-1-2-4-7-5/h17-22,33-34H,5-16,23-28H2,1-4H3,(H,39,43)(H,40,44);8-10,16H,4-7,11-13H2,1-3H3,(H,19,21);5-7,12,15H,3-4,8-9H2,1-2H3,(H,16,17);1-10H2;3-5H,9H2,1-2H3;6H,1-5H2,(H,8,9);5,7H,1-4H2,(H,8,9). The molecule has 18 nitrogen and oxygen atoms in total. The lowest BCUT2D eigenvalue weighted by atomic mass is 9.90. The number of nitrogens with one attached hydrogen (secondary N) is 6. The lowest BCUT2D eigenvalue weighted by molar-refractivity contribution is -0.143. The maximum atomic E-state index is 13.2. The summed E-state index contributed by atoms with van der Waals surface area (Å²) < 4.78 is 0. The van der Waals surface area contributed by atoms with Crippen LogP contribution in [0.5, 0.6) is 0 Å². The van der Waals surface area contributed by atoms with Crippen molar-refractivity contribution in [2.75, 3.05) is 90.0 Å². The van der Waals surface area contributed by atoms with Crippen LogP contribution in [0, 0.1) is 75.2 Å². The summed E-state index contributed by atoms with van der Waals surface area (Å²) in [7, 11) is 0. The van der Waals surface area contributed by atoms with E-state index in [4.69, 9.17) is 15.9 Å². The average molecular weight is 1800 g/mol. The number of carbonyl (C=O) groups excluding carboxylic acids is 4. The van der Waals surface area contributed by atoms with Crippen LogP contribution in [-0.2, 0) is 28.8 Å². The Morgan fingerprint density at radius 3 is 0.876 bits per heavy atom. The molecule has 0 aromatic heterocycles. The van der Waals surface area contributed by atoms with Crippen molar-refractivity contribution in [3.05, 3.63) is 147 Å². The highest BCUT2D eigenvalue weighted by Crippen LogP contribution is 2.30. The van der Waals surface area contributed by atoms with E-state index in [-0.39, 0.29) is 59.8 Å². The van der Waals surface area contributed by atoms with Crippen molar-refractivity contribution in [3.63, 3.8) is 0 Å². The minimum Gasteiger partial charge on any atom is -0.481 e. The van der Waals surface area contributed by atoms with Gasteiger partial charge in [-0.25, -0.2) is 0 Å². The van der Waals surface area contributed by atoms with Crippen LogP contribution >= 0.6 is 31.9 Å². The third-order valence-corrected chi connectivity index (χ3v) is 26.0. The fraction of sp³-hybridized carbons (Fsp3) is 0.644. The number of carbonyl (C=O) groups is 6. The predicted octanol–water partition coefficient (Wildman–Crippen LogP) is 23.3. The minimum atomic E-state index is -0.713. The molecule has 20 heteroatoms. The number of unbranched alkanes of at least 4 members (excludes halogenated alkanes) is 15. The molecule has 11 rings (SSSR count). The summed E-state index contributed by atoms with van der Waals surface area (Å²) in [5.41, 5.74) is 21.9. The molecule has 5 atom stereocenters. The topological polar surface area (TPSA) is 251 Å². The maximum absolute atomic E-state index is 13.2. The molecule has 10 N–H and O–H groups in total. The normalized spacial score (nSPS) is 18.7. The van der Waals surface area contributed by atoms with Crippen LogP contribution in [0.1, 0.15) is 307 Å². The van der Waals surface area contributed by atoms with E-state index in [0.717, 1.165) is 233 Å². The van der Waals surface area contributed by atoms with Crippen molar-refractivity contribution in [1.82, 2.24) is 25.3 Å². The van der Waals surface area contributed by atoms with Crippen molar-refractivity contribution in [2.45, 2.75) is 350 Å². The molecule has 5 aliphatic heterocycles. The summed E-state index contributed by atoms with van der Waals surface area (Å²) in [5, 5.41) is 38.3.